The predicted molar refractivity (Wildman–Crippen MR) is 85.8 cm³/mol. The summed E-state index contributed by atoms with van der Waals surface area (Å²) in [6.07, 6.45) is 0. The zero-order valence-corrected chi connectivity index (χ0v) is 12.5. The van der Waals surface area contributed by atoms with Gasteiger partial charge in [0.1, 0.15) is 0 Å². The molecule has 0 bridgehead atoms. The van der Waals surface area contributed by atoms with Crippen molar-refractivity contribution in [3.05, 3.63) is 80.5 Å². The van der Waals surface area contributed by atoms with Crippen LogP contribution in [0.15, 0.2) is 58.1 Å². The smallest absolute Gasteiger partial charge is 0.340 e. The summed E-state index contributed by atoms with van der Waals surface area (Å²) in [5.41, 5.74) is 0.532. The Morgan fingerprint density at radius 2 is 1.79 bits per heavy atom. The first-order chi connectivity index (χ1) is 11.6. The Hall–Kier alpha value is -3.22. The van der Waals surface area contributed by atoms with E-state index in [1.807, 2.05) is 0 Å². The average molecular weight is 328 g/mol. The first-order valence-electron chi connectivity index (χ1n) is 7.14. The fourth-order valence-corrected chi connectivity index (χ4v) is 2.46. The number of alkyl halides is 1. The number of nitrogens with one attached hydrogen (secondary N) is 1. The SMILES string of the molecule is O=C(OCF)c1ccc(Cn2c(=O)[nH]c(=O)c3ccccc32)cc1. The number of carbonyl (C=O) groups is 1. The molecule has 1 aromatic heterocycles. The van der Waals surface area contributed by atoms with Crippen LogP contribution in [-0.2, 0) is 11.3 Å². The van der Waals surface area contributed by atoms with E-state index >= 15 is 0 Å². The maximum absolute atomic E-state index is 12.1. The summed E-state index contributed by atoms with van der Waals surface area (Å²) >= 11 is 0. The van der Waals surface area contributed by atoms with Crippen LogP contribution in [-0.4, -0.2) is 22.4 Å². The fraction of sp³-hybridized carbons (Fsp3) is 0.118. The molecule has 1 N–H and O–H groups in total. The van der Waals surface area contributed by atoms with Crippen LogP contribution in [0, 0.1) is 0 Å². The molecule has 122 valence electrons. The van der Waals surface area contributed by atoms with Crippen LogP contribution in [0.5, 0.6) is 0 Å². The van der Waals surface area contributed by atoms with Crippen LogP contribution in [0.25, 0.3) is 10.9 Å². The Bertz CT molecular complexity index is 1010. The van der Waals surface area contributed by atoms with Crippen molar-refractivity contribution in [3.63, 3.8) is 0 Å². The summed E-state index contributed by atoms with van der Waals surface area (Å²) in [5, 5.41) is 0.417. The van der Waals surface area contributed by atoms with Crippen molar-refractivity contribution in [3.8, 4) is 0 Å². The number of halogens is 1. The Labute approximate surface area is 135 Å². The molecule has 24 heavy (non-hydrogen) atoms. The highest BCUT2D eigenvalue weighted by Crippen LogP contribution is 2.11. The quantitative estimate of drug-likeness (QED) is 0.741. The number of ether oxygens (including phenoxy) is 1. The van der Waals surface area contributed by atoms with Crippen molar-refractivity contribution in [2.45, 2.75) is 6.54 Å². The molecule has 1 heterocycles. The summed E-state index contributed by atoms with van der Waals surface area (Å²) < 4.78 is 17.7. The molecule has 3 aromatic rings. The second-order valence-corrected chi connectivity index (χ2v) is 5.10. The lowest BCUT2D eigenvalue weighted by Crippen LogP contribution is -2.30. The highest BCUT2D eigenvalue weighted by Gasteiger charge is 2.09. The van der Waals surface area contributed by atoms with Crippen molar-refractivity contribution in [2.75, 3.05) is 6.86 Å². The molecule has 0 spiro atoms. The van der Waals surface area contributed by atoms with Gasteiger partial charge >= 0.3 is 11.7 Å². The second kappa shape index (κ2) is 6.49. The summed E-state index contributed by atoms with van der Waals surface area (Å²) in [4.78, 5) is 37.7. The van der Waals surface area contributed by atoms with Crippen LogP contribution in [0.2, 0.25) is 0 Å². The van der Waals surface area contributed by atoms with Crippen LogP contribution in [0.1, 0.15) is 15.9 Å². The third-order valence-electron chi connectivity index (χ3n) is 3.62. The van der Waals surface area contributed by atoms with Crippen molar-refractivity contribution >= 4 is 16.9 Å². The number of H-pyrrole nitrogens is 1. The Morgan fingerprint density at radius 1 is 1.08 bits per heavy atom. The number of hydrogen-bond donors (Lipinski definition) is 1. The van der Waals surface area contributed by atoms with Crippen molar-refractivity contribution < 1.29 is 13.9 Å². The van der Waals surface area contributed by atoms with E-state index in [4.69, 9.17) is 0 Å². The van der Waals surface area contributed by atoms with Gasteiger partial charge in [0.25, 0.3) is 5.56 Å². The largest absolute Gasteiger partial charge is 0.430 e. The van der Waals surface area contributed by atoms with Crippen LogP contribution in [0.3, 0.4) is 0 Å². The summed E-state index contributed by atoms with van der Waals surface area (Å²) in [7, 11) is 0. The molecule has 0 amide bonds. The molecule has 0 saturated heterocycles. The summed E-state index contributed by atoms with van der Waals surface area (Å²) in [6, 6.07) is 13.1. The van der Waals surface area contributed by atoms with E-state index in [9.17, 15) is 18.8 Å². The molecule has 0 unspecified atom stereocenters. The number of fused-ring (bicyclic) bond motifs is 1. The van der Waals surface area contributed by atoms with Crippen LogP contribution >= 0.6 is 0 Å². The fourth-order valence-electron chi connectivity index (χ4n) is 2.46. The summed E-state index contributed by atoms with van der Waals surface area (Å²) in [6.45, 7) is -0.964. The van der Waals surface area contributed by atoms with Crippen LogP contribution in [0.4, 0.5) is 4.39 Å². The molecular weight excluding hydrogens is 315 g/mol. The lowest BCUT2D eigenvalue weighted by atomic mass is 10.1. The van der Waals surface area contributed by atoms with Crippen LogP contribution < -0.4 is 11.2 Å². The number of aromatic nitrogens is 2. The van der Waals surface area contributed by atoms with Gasteiger partial charge in [-0.3, -0.25) is 14.3 Å². The third-order valence-corrected chi connectivity index (χ3v) is 3.62. The predicted octanol–water partition coefficient (Wildman–Crippen LogP) is 1.82. The molecule has 0 aliphatic carbocycles. The highest BCUT2D eigenvalue weighted by atomic mass is 19.1. The monoisotopic (exact) mass is 328 g/mol. The van der Waals surface area contributed by atoms with Crippen molar-refractivity contribution in [1.29, 1.82) is 0 Å². The van der Waals surface area contributed by atoms with Gasteiger partial charge in [0.2, 0.25) is 6.86 Å². The molecule has 0 radical (unpaired) electrons. The van der Waals surface area contributed by atoms with E-state index in [-0.39, 0.29) is 12.1 Å². The van der Waals surface area contributed by atoms with Gasteiger partial charge in [0.05, 0.1) is 23.0 Å². The van der Waals surface area contributed by atoms with E-state index in [1.54, 1.807) is 36.4 Å². The van der Waals surface area contributed by atoms with E-state index in [0.29, 0.717) is 10.9 Å². The van der Waals surface area contributed by atoms with Gasteiger partial charge in [-0.2, -0.15) is 0 Å². The maximum atomic E-state index is 12.1. The number of aromatic amines is 1. The molecule has 0 fully saturated rings. The standard InChI is InChI=1S/C17H13FN2O4/c18-10-24-16(22)12-7-5-11(6-8-12)9-20-14-4-2-1-3-13(14)15(21)19-17(20)23/h1-8H,9-10H2,(H,19,21,23). The van der Waals surface area contributed by atoms with Gasteiger partial charge < -0.3 is 4.74 Å². The molecular formula is C17H13FN2O4. The number of para-hydroxylation sites is 1. The molecule has 3 rings (SSSR count). The van der Waals surface area contributed by atoms with Gasteiger partial charge in [-0.05, 0) is 29.8 Å². The molecule has 0 atom stereocenters. The van der Waals surface area contributed by atoms with Crippen molar-refractivity contribution in [1.82, 2.24) is 9.55 Å². The third kappa shape index (κ3) is 2.96. The number of carbonyl (C=O) groups excluding carboxylic acids is 1. The lowest BCUT2D eigenvalue weighted by Gasteiger charge is -2.10. The van der Waals surface area contributed by atoms with Gasteiger partial charge in [-0.25, -0.2) is 14.0 Å². The molecule has 2 aromatic carbocycles. The molecule has 0 saturated carbocycles. The Morgan fingerprint density at radius 3 is 2.50 bits per heavy atom. The topological polar surface area (TPSA) is 81.2 Å². The number of esters is 1. The first-order valence-corrected chi connectivity index (χ1v) is 7.14. The van der Waals surface area contributed by atoms with E-state index < -0.39 is 24.1 Å². The molecule has 0 aliphatic rings. The molecule has 7 heteroatoms. The first kappa shape index (κ1) is 15.7. The number of nitrogens with zero attached hydrogens (tertiary/aromatic N) is 1. The van der Waals surface area contributed by atoms with E-state index in [0.717, 1.165) is 5.56 Å². The maximum Gasteiger partial charge on any atom is 0.340 e. The Balaban J connectivity index is 1.97. The number of rotatable bonds is 4. The molecule has 0 aliphatic heterocycles. The normalized spacial score (nSPS) is 10.7. The Kier molecular flexibility index (Phi) is 4.24. The number of benzene rings is 2. The van der Waals surface area contributed by atoms with Gasteiger partial charge in [0, 0.05) is 0 Å². The van der Waals surface area contributed by atoms with E-state index in [2.05, 4.69) is 9.72 Å². The second-order valence-electron chi connectivity index (χ2n) is 5.10. The number of hydrogen-bond acceptors (Lipinski definition) is 4. The lowest BCUT2D eigenvalue weighted by molar-refractivity contribution is 0.0324. The highest BCUT2D eigenvalue weighted by molar-refractivity contribution is 5.89. The minimum Gasteiger partial charge on any atom is -0.430 e. The molecule has 6 nitrogen and oxygen atoms in total. The van der Waals surface area contributed by atoms with Gasteiger partial charge in [-0.1, -0.05) is 24.3 Å². The van der Waals surface area contributed by atoms with E-state index in [1.165, 1.54) is 16.7 Å². The average Bonchev–Trinajstić information content (AvgIpc) is 2.59. The zero-order chi connectivity index (χ0) is 17.1. The minimum absolute atomic E-state index is 0.217. The minimum atomic E-state index is -1.18. The van der Waals surface area contributed by atoms with Crippen molar-refractivity contribution in [2.24, 2.45) is 0 Å². The van der Waals surface area contributed by atoms with Gasteiger partial charge in [-0.15, -0.1) is 0 Å². The zero-order valence-electron chi connectivity index (χ0n) is 12.5. The van der Waals surface area contributed by atoms with Gasteiger partial charge in [0.15, 0.2) is 0 Å². The summed E-state index contributed by atoms with van der Waals surface area (Å²) in [5.74, 6) is -0.754.